The summed E-state index contributed by atoms with van der Waals surface area (Å²) >= 11 is 5.99. The van der Waals surface area contributed by atoms with E-state index >= 15 is 0 Å². The van der Waals surface area contributed by atoms with E-state index in [9.17, 15) is 4.39 Å². The lowest BCUT2D eigenvalue weighted by Crippen LogP contribution is -2.24. The van der Waals surface area contributed by atoms with Crippen molar-refractivity contribution in [3.05, 3.63) is 83.4 Å². The van der Waals surface area contributed by atoms with Crippen LogP contribution in [0.15, 0.2) is 67.0 Å². The number of benzene rings is 2. The van der Waals surface area contributed by atoms with Gasteiger partial charge in [0.25, 0.3) is 0 Å². The molecule has 1 saturated carbocycles. The SMILES string of the molecule is C=C(Nc1ccc(Cl)cc1)C(CC)C1CCC(c2ccnc3ccc(F)cc23)CC1. The number of aromatic nitrogens is 1. The summed E-state index contributed by atoms with van der Waals surface area (Å²) in [5.74, 6) is 1.32. The van der Waals surface area contributed by atoms with Gasteiger partial charge >= 0.3 is 0 Å². The van der Waals surface area contributed by atoms with Crippen molar-refractivity contribution in [2.45, 2.75) is 44.9 Å². The molecular weight excluding hydrogens is 395 g/mol. The molecule has 1 aliphatic rings. The van der Waals surface area contributed by atoms with Gasteiger partial charge in [-0.2, -0.15) is 0 Å². The van der Waals surface area contributed by atoms with Gasteiger partial charge in [-0.1, -0.05) is 25.1 Å². The Morgan fingerprint density at radius 3 is 2.57 bits per heavy atom. The van der Waals surface area contributed by atoms with Crippen LogP contribution in [0.25, 0.3) is 10.9 Å². The van der Waals surface area contributed by atoms with Crippen LogP contribution >= 0.6 is 11.6 Å². The summed E-state index contributed by atoms with van der Waals surface area (Å²) in [4.78, 5) is 4.41. The molecule has 1 aromatic heterocycles. The van der Waals surface area contributed by atoms with Gasteiger partial charge in [-0.25, -0.2) is 4.39 Å². The number of nitrogens with one attached hydrogen (secondary N) is 1. The Hall–Kier alpha value is -2.39. The lowest BCUT2D eigenvalue weighted by molar-refractivity contribution is 0.253. The second kappa shape index (κ2) is 9.18. The maximum absolute atomic E-state index is 13.8. The summed E-state index contributed by atoms with van der Waals surface area (Å²) in [6, 6.07) is 14.7. The number of halogens is 2. The van der Waals surface area contributed by atoms with Crippen LogP contribution in [-0.4, -0.2) is 4.98 Å². The van der Waals surface area contributed by atoms with E-state index in [1.807, 2.05) is 30.5 Å². The fourth-order valence-electron chi connectivity index (χ4n) is 5.00. The molecule has 156 valence electrons. The molecular formula is C26H28ClFN2. The predicted molar refractivity (Wildman–Crippen MR) is 124 cm³/mol. The molecule has 2 aromatic carbocycles. The molecule has 0 radical (unpaired) electrons. The normalized spacial score (nSPS) is 20.1. The van der Waals surface area contributed by atoms with Crippen molar-refractivity contribution in [2.75, 3.05) is 5.32 Å². The van der Waals surface area contributed by atoms with Crippen molar-refractivity contribution >= 4 is 28.2 Å². The fourth-order valence-corrected chi connectivity index (χ4v) is 5.13. The average Bonchev–Trinajstić information content (AvgIpc) is 2.76. The number of fused-ring (bicyclic) bond motifs is 1. The highest BCUT2D eigenvalue weighted by molar-refractivity contribution is 6.30. The van der Waals surface area contributed by atoms with E-state index in [4.69, 9.17) is 11.6 Å². The summed E-state index contributed by atoms with van der Waals surface area (Å²) < 4.78 is 13.8. The highest BCUT2D eigenvalue weighted by Gasteiger charge is 2.29. The second-order valence-electron chi connectivity index (χ2n) is 8.35. The minimum Gasteiger partial charge on any atom is -0.359 e. The third kappa shape index (κ3) is 4.52. The number of pyridine rings is 1. The largest absolute Gasteiger partial charge is 0.359 e. The summed E-state index contributed by atoms with van der Waals surface area (Å²) in [7, 11) is 0. The molecule has 0 bridgehead atoms. The van der Waals surface area contributed by atoms with E-state index in [-0.39, 0.29) is 5.82 Å². The number of anilines is 1. The number of allylic oxidation sites excluding steroid dienone is 1. The minimum absolute atomic E-state index is 0.193. The van der Waals surface area contributed by atoms with E-state index in [0.717, 1.165) is 59.4 Å². The van der Waals surface area contributed by atoms with Gasteiger partial charge in [0.05, 0.1) is 5.52 Å². The van der Waals surface area contributed by atoms with Crippen LogP contribution in [0, 0.1) is 17.7 Å². The van der Waals surface area contributed by atoms with Crippen molar-refractivity contribution in [3.63, 3.8) is 0 Å². The highest BCUT2D eigenvalue weighted by atomic mass is 35.5. The second-order valence-corrected chi connectivity index (χ2v) is 8.78. The highest BCUT2D eigenvalue weighted by Crippen LogP contribution is 2.43. The quantitative estimate of drug-likeness (QED) is 0.435. The molecule has 2 nitrogen and oxygen atoms in total. The molecule has 1 fully saturated rings. The van der Waals surface area contributed by atoms with Crippen LogP contribution in [0.5, 0.6) is 0 Å². The molecule has 1 atom stereocenters. The molecule has 1 heterocycles. The van der Waals surface area contributed by atoms with E-state index < -0.39 is 0 Å². The topological polar surface area (TPSA) is 24.9 Å². The Labute approximate surface area is 183 Å². The van der Waals surface area contributed by atoms with Crippen LogP contribution in [-0.2, 0) is 0 Å². The van der Waals surface area contributed by atoms with Gasteiger partial charge in [0.2, 0.25) is 0 Å². The number of rotatable bonds is 6. The van der Waals surface area contributed by atoms with Gasteiger partial charge in [0, 0.05) is 33.9 Å². The molecule has 0 amide bonds. The lowest BCUT2D eigenvalue weighted by atomic mass is 9.72. The van der Waals surface area contributed by atoms with Crippen LogP contribution in [0.4, 0.5) is 10.1 Å². The third-order valence-electron chi connectivity index (χ3n) is 6.55. The zero-order valence-corrected chi connectivity index (χ0v) is 18.1. The number of nitrogens with zero attached hydrogens (tertiary/aromatic N) is 1. The van der Waals surface area contributed by atoms with Gasteiger partial charge in [0.15, 0.2) is 0 Å². The Kier molecular flexibility index (Phi) is 6.38. The monoisotopic (exact) mass is 422 g/mol. The molecule has 4 heteroatoms. The fraction of sp³-hybridized carbons (Fsp3) is 0.346. The third-order valence-corrected chi connectivity index (χ3v) is 6.81. The molecule has 30 heavy (non-hydrogen) atoms. The smallest absolute Gasteiger partial charge is 0.123 e. The lowest BCUT2D eigenvalue weighted by Gasteiger charge is -2.35. The molecule has 0 saturated heterocycles. The Bertz CT molecular complexity index is 1020. The van der Waals surface area contributed by atoms with Crippen LogP contribution in [0.2, 0.25) is 5.02 Å². The van der Waals surface area contributed by atoms with Crippen molar-refractivity contribution in [2.24, 2.45) is 11.8 Å². The standard InChI is InChI=1S/C26H28ClFN2/c1-3-23(17(2)30-22-11-8-20(27)9-12-22)18-4-6-19(7-5-18)24-14-15-29-26-13-10-21(28)16-25(24)26/h8-16,18-19,23,30H,2-7H2,1H3. The van der Waals surface area contributed by atoms with Gasteiger partial charge < -0.3 is 5.32 Å². The first-order valence-corrected chi connectivity index (χ1v) is 11.2. The average molecular weight is 423 g/mol. The Morgan fingerprint density at radius 2 is 1.87 bits per heavy atom. The van der Waals surface area contributed by atoms with E-state index in [1.165, 1.54) is 11.6 Å². The summed E-state index contributed by atoms with van der Waals surface area (Å²) in [5, 5.41) is 5.18. The van der Waals surface area contributed by atoms with Crippen LogP contribution in [0.3, 0.4) is 0 Å². The van der Waals surface area contributed by atoms with Gasteiger partial charge in [-0.15, -0.1) is 0 Å². The maximum atomic E-state index is 13.8. The molecule has 1 unspecified atom stereocenters. The Balaban J connectivity index is 1.44. The van der Waals surface area contributed by atoms with Gasteiger partial charge in [-0.3, -0.25) is 4.98 Å². The molecule has 1 N–H and O–H groups in total. The maximum Gasteiger partial charge on any atom is 0.123 e. The predicted octanol–water partition coefficient (Wildman–Crippen LogP) is 7.95. The van der Waals surface area contributed by atoms with Crippen molar-refractivity contribution in [1.82, 2.24) is 4.98 Å². The first kappa shape index (κ1) is 20.9. The Morgan fingerprint density at radius 1 is 1.13 bits per heavy atom. The van der Waals surface area contributed by atoms with Crippen molar-refractivity contribution in [1.29, 1.82) is 0 Å². The van der Waals surface area contributed by atoms with E-state index in [0.29, 0.717) is 17.8 Å². The van der Waals surface area contributed by atoms with Crippen molar-refractivity contribution in [3.8, 4) is 0 Å². The minimum atomic E-state index is -0.193. The molecule has 1 aliphatic carbocycles. The van der Waals surface area contributed by atoms with Gasteiger partial charge in [0.1, 0.15) is 5.82 Å². The van der Waals surface area contributed by atoms with E-state index in [1.54, 1.807) is 12.1 Å². The molecule has 0 aliphatic heterocycles. The van der Waals surface area contributed by atoms with Crippen LogP contribution < -0.4 is 5.32 Å². The van der Waals surface area contributed by atoms with E-state index in [2.05, 4.69) is 29.9 Å². The zero-order chi connectivity index (χ0) is 21.1. The van der Waals surface area contributed by atoms with Crippen LogP contribution in [0.1, 0.15) is 50.5 Å². The molecule has 4 rings (SSSR count). The van der Waals surface area contributed by atoms with Gasteiger partial charge in [-0.05, 0) is 98.0 Å². The first-order valence-electron chi connectivity index (χ1n) is 10.8. The zero-order valence-electron chi connectivity index (χ0n) is 17.4. The molecule has 0 spiro atoms. The summed E-state index contributed by atoms with van der Waals surface area (Å²) in [6.07, 6.45) is 7.47. The summed E-state index contributed by atoms with van der Waals surface area (Å²) in [6.45, 7) is 6.59. The molecule has 3 aromatic rings. The number of hydrogen-bond acceptors (Lipinski definition) is 2. The van der Waals surface area contributed by atoms with Crippen molar-refractivity contribution < 1.29 is 4.39 Å². The number of hydrogen-bond donors (Lipinski definition) is 1. The summed E-state index contributed by atoms with van der Waals surface area (Å²) in [5.41, 5.74) is 4.23. The first-order chi connectivity index (χ1) is 14.5.